The van der Waals surface area contributed by atoms with E-state index in [1.165, 1.54) is 0 Å². The standard InChI is InChI=1S/C16H23NO2/c1-12-6-4-9-16(10-8-12,15(18)19)17-14-7-3-5-13(2)11-14/h3,5,7,11-12,17H,4,6,8-10H2,1-2H3,(H,18,19). The first-order valence-corrected chi connectivity index (χ1v) is 7.10. The molecule has 0 saturated heterocycles. The fraction of sp³-hybridized carbons (Fsp3) is 0.562. The lowest BCUT2D eigenvalue weighted by Gasteiger charge is -2.30. The van der Waals surface area contributed by atoms with Gasteiger partial charge in [-0.15, -0.1) is 0 Å². The van der Waals surface area contributed by atoms with Gasteiger partial charge in [0.15, 0.2) is 0 Å². The van der Waals surface area contributed by atoms with Gasteiger partial charge in [0.2, 0.25) is 0 Å². The zero-order chi connectivity index (χ0) is 13.9. The summed E-state index contributed by atoms with van der Waals surface area (Å²) >= 11 is 0. The fourth-order valence-corrected chi connectivity index (χ4v) is 2.91. The van der Waals surface area contributed by atoms with Crippen molar-refractivity contribution in [2.24, 2.45) is 5.92 Å². The second-order valence-electron chi connectivity index (χ2n) is 5.92. The molecule has 19 heavy (non-hydrogen) atoms. The Kier molecular flexibility index (Phi) is 4.13. The molecular weight excluding hydrogens is 238 g/mol. The maximum absolute atomic E-state index is 11.8. The minimum absolute atomic E-state index is 0.625. The van der Waals surface area contributed by atoms with Crippen molar-refractivity contribution in [1.82, 2.24) is 0 Å². The molecule has 2 atom stereocenters. The molecule has 3 heteroatoms. The van der Waals surface area contributed by atoms with Crippen LogP contribution in [0.4, 0.5) is 5.69 Å². The van der Waals surface area contributed by atoms with Gasteiger partial charge in [-0.2, -0.15) is 0 Å². The predicted molar refractivity (Wildman–Crippen MR) is 77.4 cm³/mol. The molecule has 0 bridgehead atoms. The van der Waals surface area contributed by atoms with Crippen molar-refractivity contribution in [1.29, 1.82) is 0 Å². The summed E-state index contributed by atoms with van der Waals surface area (Å²) in [5.41, 5.74) is 1.27. The molecule has 2 rings (SSSR count). The fourth-order valence-electron chi connectivity index (χ4n) is 2.91. The number of nitrogens with one attached hydrogen (secondary N) is 1. The highest BCUT2D eigenvalue weighted by Gasteiger charge is 2.39. The summed E-state index contributed by atoms with van der Waals surface area (Å²) in [6.45, 7) is 4.23. The third-order valence-corrected chi connectivity index (χ3v) is 4.18. The number of hydrogen-bond donors (Lipinski definition) is 2. The average molecular weight is 261 g/mol. The lowest BCUT2D eigenvalue weighted by atomic mass is 9.89. The number of hydrogen-bond acceptors (Lipinski definition) is 2. The summed E-state index contributed by atoms with van der Waals surface area (Å²) in [4.78, 5) is 11.8. The topological polar surface area (TPSA) is 49.3 Å². The largest absolute Gasteiger partial charge is 0.480 e. The molecule has 1 fully saturated rings. The van der Waals surface area contributed by atoms with Crippen molar-refractivity contribution in [2.45, 2.75) is 51.5 Å². The van der Waals surface area contributed by atoms with Gasteiger partial charge in [0.05, 0.1) is 0 Å². The van der Waals surface area contributed by atoms with E-state index >= 15 is 0 Å². The van der Waals surface area contributed by atoms with Gasteiger partial charge < -0.3 is 10.4 Å². The predicted octanol–water partition coefficient (Wildman–Crippen LogP) is 3.83. The van der Waals surface area contributed by atoms with Gasteiger partial charge in [-0.05, 0) is 49.8 Å². The normalized spacial score (nSPS) is 27.6. The Labute approximate surface area is 115 Å². The van der Waals surface area contributed by atoms with Gasteiger partial charge in [0.25, 0.3) is 0 Å². The molecule has 1 aromatic rings. The van der Waals surface area contributed by atoms with Crippen LogP contribution < -0.4 is 5.32 Å². The van der Waals surface area contributed by atoms with Crippen LogP contribution in [0.3, 0.4) is 0 Å². The van der Waals surface area contributed by atoms with E-state index in [0.29, 0.717) is 18.8 Å². The van der Waals surface area contributed by atoms with Crippen LogP contribution in [0.1, 0.15) is 44.6 Å². The molecule has 1 aromatic carbocycles. The Hall–Kier alpha value is -1.51. The van der Waals surface area contributed by atoms with Crippen LogP contribution in [0.2, 0.25) is 0 Å². The van der Waals surface area contributed by atoms with E-state index in [1.54, 1.807) is 0 Å². The zero-order valence-electron chi connectivity index (χ0n) is 11.8. The number of aliphatic carboxylic acids is 1. The molecule has 1 aliphatic carbocycles. The van der Waals surface area contributed by atoms with Gasteiger partial charge in [0.1, 0.15) is 5.54 Å². The second kappa shape index (κ2) is 5.64. The molecule has 0 spiro atoms. The maximum atomic E-state index is 11.8. The number of carboxylic acids is 1. The van der Waals surface area contributed by atoms with Crippen molar-refractivity contribution in [2.75, 3.05) is 5.32 Å². The number of benzene rings is 1. The lowest BCUT2D eigenvalue weighted by Crippen LogP contribution is -2.46. The van der Waals surface area contributed by atoms with Crippen molar-refractivity contribution in [3.05, 3.63) is 29.8 Å². The maximum Gasteiger partial charge on any atom is 0.329 e. The van der Waals surface area contributed by atoms with Crippen molar-refractivity contribution in [3.8, 4) is 0 Å². The quantitative estimate of drug-likeness (QED) is 0.813. The molecule has 3 nitrogen and oxygen atoms in total. The van der Waals surface area contributed by atoms with E-state index < -0.39 is 11.5 Å². The SMILES string of the molecule is Cc1cccc(NC2(C(=O)O)CCCC(C)CC2)c1. The Morgan fingerprint density at radius 1 is 1.37 bits per heavy atom. The molecule has 1 saturated carbocycles. The highest BCUT2D eigenvalue weighted by atomic mass is 16.4. The van der Waals surface area contributed by atoms with Gasteiger partial charge in [0, 0.05) is 5.69 Å². The van der Waals surface area contributed by atoms with Crippen LogP contribution in [-0.4, -0.2) is 16.6 Å². The summed E-state index contributed by atoms with van der Waals surface area (Å²) in [7, 11) is 0. The van der Waals surface area contributed by atoms with Crippen molar-refractivity contribution >= 4 is 11.7 Å². The molecule has 0 radical (unpaired) electrons. The highest BCUT2D eigenvalue weighted by molar-refractivity contribution is 5.82. The van der Waals surface area contributed by atoms with E-state index in [2.05, 4.69) is 12.2 Å². The summed E-state index contributed by atoms with van der Waals surface area (Å²) in [5.74, 6) is -0.0939. The van der Waals surface area contributed by atoms with E-state index in [0.717, 1.165) is 30.5 Å². The molecule has 0 aliphatic heterocycles. The van der Waals surface area contributed by atoms with Gasteiger partial charge >= 0.3 is 5.97 Å². The summed E-state index contributed by atoms with van der Waals surface area (Å²) in [6, 6.07) is 7.95. The molecule has 2 N–H and O–H groups in total. The zero-order valence-corrected chi connectivity index (χ0v) is 11.8. The van der Waals surface area contributed by atoms with Gasteiger partial charge in [-0.25, -0.2) is 4.79 Å². The van der Waals surface area contributed by atoms with Crippen LogP contribution in [0.15, 0.2) is 24.3 Å². The Balaban J connectivity index is 2.22. The first kappa shape index (κ1) is 13.9. The first-order chi connectivity index (χ1) is 9.02. The monoisotopic (exact) mass is 261 g/mol. The van der Waals surface area contributed by atoms with Crippen LogP contribution in [0, 0.1) is 12.8 Å². The molecule has 1 aliphatic rings. The van der Waals surface area contributed by atoms with Crippen LogP contribution in [0.25, 0.3) is 0 Å². The molecule has 0 amide bonds. The third-order valence-electron chi connectivity index (χ3n) is 4.18. The number of rotatable bonds is 3. The summed E-state index contributed by atoms with van der Waals surface area (Å²) in [6.07, 6.45) is 4.50. The Bertz CT molecular complexity index is 458. The van der Waals surface area contributed by atoms with Crippen LogP contribution in [0.5, 0.6) is 0 Å². The minimum atomic E-state index is -0.793. The molecule has 0 aromatic heterocycles. The van der Waals surface area contributed by atoms with Gasteiger partial charge in [-0.1, -0.05) is 31.9 Å². The van der Waals surface area contributed by atoms with Crippen molar-refractivity contribution in [3.63, 3.8) is 0 Å². The lowest BCUT2D eigenvalue weighted by molar-refractivity contribution is -0.142. The van der Waals surface area contributed by atoms with E-state index in [-0.39, 0.29) is 0 Å². The minimum Gasteiger partial charge on any atom is -0.480 e. The van der Waals surface area contributed by atoms with Crippen LogP contribution in [-0.2, 0) is 4.79 Å². The average Bonchev–Trinajstić information content (AvgIpc) is 2.53. The summed E-state index contributed by atoms with van der Waals surface area (Å²) in [5, 5.41) is 13.0. The molecular formula is C16H23NO2. The Morgan fingerprint density at radius 3 is 2.84 bits per heavy atom. The third kappa shape index (κ3) is 3.28. The smallest absolute Gasteiger partial charge is 0.329 e. The number of aryl methyl sites for hydroxylation is 1. The number of carboxylic acid groups (broad SMARTS) is 1. The van der Waals surface area contributed by atoms with E-state index in [9.17, 15) is 9.90 Å². The van der Waals surface area contributed by atoms with E-state index in [4.69, 9.17) is 0 Å². The number of carbonyl (C=O) groups is 1. The van der Waals surface area contributed by atoms with E-state index in [1.807, 2.05) is 31.2 Å². The molecule has 0 heterocycles. The molecule has 2 unspecified atom stereocenters. The van der Waals surface area contributed by atoms with Crippen LogP contribution >= 0.6 is 0 Å². The number of anilines is 1. The molecule has 104 valence electrons. The Morgan fingerprint density at radius 2 is 2.16 bits per heavy atom. The summed E-state index contributed by atoms with van der Waals surface area (Å²) < 4.78 is 0. The first-order valence-electron chi connectivity index (χ1n) is 7.10. The second-order valence-corrected chi connectivity index (χ2v) is 5.92. The van der Waals surface area contributed by atoms with Gasteiger partial charge in [-0.3, -0.25) is 0 Å². The van der Waals surface area contributed by atoms with Crippen molar-refractivity contribution < 1.29 is 9.90 Å². The highest BCUT2D eigenvalue weighted by Crippen LogP contribution is 2.33.